The maximum absolute atomic E-state index is 5.80. The van der Waals surface area contributed by atoms with Gasteiger partial charge < -0.3 is 10.6 Å². The fraction of sp³-hybridized carbons (Fsp3) is 0.500. The molecule has 1 aromatic rings. The second kappa shape index (κ2) is 3.71. The Kier molecular flexibility index (Phi) is 2.57. The first kappa shape index (κ1) is 9.69. The minimum Gasteiger partial charge on any atom is -0.324 e. The molecule has 2 rings (SSSR count). The lowest BCUT2D eigenvalue weighted by molar-refractivity contribution is 0.190. The van der Waals surface area contributed by atoms with Gasteiger partial charge in [0, 0.05) is 25.0 Å². The van der Waals surface area contributed by atoms with Gasteiger partial charge >= 0.3 is 0 Å². The molecule has 0 amide bonds. The molecule has 1 aliphatic heterocycles. The van der Waals surface area contributed by atoms with E-state index in [9.17, 15) is 0 Å². The van der Waals surface area contributed by atoms with E-state index in [0.29, 0.717) is 0 Å². The first-order valence-electron chi connectivity index (χ1n) is 5.21. The number of likely N-dealkylation sites (tertiary alicyclic amines) is 1. The molecule has 2 nitrogen and oxygen atoms in total. The lowest BCUT2D eigenvalue weighted by Crippen LogP contribution is -2.41. The highest BCUT2D eigenvalue weighted by molar-refractivity contribution is 5.28. The molecule has 1 heterocycles. The van der Waals surface area contributed by atoms with Crippen molar-refractivity contribution in [3.8, 4) is 0 Å². The highest BCUT2D eigenvalue weighted by Crippen LogP contribution is 2.26. The standard InChI is InChI=1S/C12H18N2/c1-9(13)10-3-5-11(6-4-10)12-7-14(2)8-12/h3-6,9,12H,7-8,13H2,1-2H3. The van der Waals surface area contributed by atoms with Crippen molar-refractivity contribution in [1.82, 2.24) is 4.90 Å². The third-order valence-electron chi connectivity index (χ3n) is 3.00. The Labute approximate surface area is 85.7 Å². The van der Waals surface area contributed by atoms with Gasteiger partial charge in [-0.05, 0) is 25.1 Å². The number of rotatable bonds is 2. The van der Waals surface area contributed by atoms with Gasteiger partial charge in [0.25, 0.3) is 0 Å². The van der Waals surface area contributed by atoms with Gasteiger partial charge in [-0.3, -0.25) is 0 Å². The SMILES string of the molecule is CC(N)c1ccc(C2CN(C)C2)cc1. The van der Waals surface area contributed by atoms with E-state index in [1.54, 1.807) is 0 Å². The van der Waals surface area contributed by atoms with Crippen molar-refractivity contribution in [1.29, 1.82) is 0 Å². The molecule has 0 radical (unpaired) electrons. The molecule has 1 unspecified atom stereocenters. The summed E-state index contributed by atoms with van der Waals surface area (Å²) >= 11 is 0. The third-order valence-corrected chi connectivity index (χ3v) is 3.00. The van der Waals surface area contributed by atoms with Crippen molar-refractivity contribution >= 4 is 0 Å². The van der Waals surface area contributed by atoms with Gasteiger partial charge in [-0.1, -0.05) is 24.3 Å². The molecule has 1 saturated heterocycles. The Morgan fingerprint density at radius 1 is 1.29 bits per heavy atom. The summed E-state index contributed by atoms with van der Waals surface area (Å²) in [6, 6.07) is 8.89. The topological polar surface area (TPSA) is 29.3 Å². The van der Waals surface area contributed by atoms with Gasteiger partial charge in [-0.25, -0.2) is 0 Å². The van der Waals surface area contributed by atoms with E-state index in [2.05, 4.69) is 36.2 Å². The minimum absolute atomic E-state index is 0.146. The summed E-state index contributed by atoms with van der Waals surface area (Å²) in [5.41, 5.74) is 8.48. The number of nitrogens with two attached hydrogens (primary N) is 1. The molecule has 0 spiro atoms. The van der Waals surface area contributed by atoms with Crippen LogP contribution in [0.15, 0.2) is 24.3 Å². The van der Waals surface area contributed by atoms with E-state index < -0.39 is 0 Å². The summed E-state index contributed by atoms with van der Waals surface area (Å²) in [4.78, 5) is 2.34. The smallest absolute Gasteiger partial charge is 0.0266 e. The van der Waals surface area contributed by atoms with Crippen molar-refractivity contribution in [3.63, 3.8) is 0 Å². The van der Waals surface area contributed by atoms with Crippen LogP contribution in [0, 0.1) is 0 Å². The average Bonchev–Trinajstić information content (AvgIpc) is 2.13. The van der Waals surface area contributed by atoms with Crippen molar-refractivity contribution in [2.75, 3.05) is 20.1 Å². The lowest BCUT2D eigenvalue weighted by atomic mass is 9.91. The fourth-order valence-electron chi connectivity index (χ4n) is 1.98. The molecule has 14 heavy (non-hydrogen) atoms. The second-order valence-corrected chi connectivity index (χ2v) is 4.37. The van der Waals surface area contributed by atoms with Crippen molar-refractivity contribution in [2.24, 2.45) is 5.73 Å². The number of nitrogens with zero attached hydrogens (tertiary/aromatic N) is 1. The Morgan fingerprint density at radius 2 is 1.86 bits per heavy atom. The Bertz CT molecular complexity index is 297. The molecule has 0 aromatic heterocycles. The van der Waals surface area contributed by atoms with E-state index >= 15 is 0 Å². The molecule has 1 fully saturated rings. The highest BCUT2D eigenvalue weighted by atomic mass is 15.2. The third kappa shape index (κ3) is 1.81. The maximum Gasteiger partial charge on any atom is 0.0266 e. The summed E-state index contributed by atoms with van der Waals surface area (Å²) in [5, 5.41) is 0. The molecule has 76 valence electrons. The summed E-state index contributed by atoms with van der Waals surface area (Å²) in [7, 11) is 2.16. The molecule has 1 aliphatic rings. The van der Waals surface area contributed by atoms with Gasteiger partial charge in [0.15, 0.2) is 0 Å². The first-order chi connectivity index (χ1) is 6.66. The summed E-state index contributed by atoms with van der Waals surface area (Å²) in [6.07, 6.45) is 0. The molecule has 0 saturated carbocycles. The van der Waals surface area contributed by atoms with Gasteiger partial charge in [-0.15, -0.1) is 0 Å². The molecular formula is C12H18N2. The fourth-order valence-corrected chi connectivity index (χ4v) is 1.98. The van der Waals surface area contributed by atoms with E-state index in [1.807, 2.05) is 6.92 Å². The van der Waals surface area contributed by atoms with E-state index in [-0.39, 0.29) is 6.04 Å². The van der Waals surface area contributed by atoms with Crippen LogP contribution < -0.4 is 5.73 Å². The van der Waals surface area contributed by atoms with Crippen LogP contribution in [0.5, 0.6) is 0 Å². The van der Waals surface area contributed by atoms with Gasteiger partial charge in [0.2, 0.25) is 0 Å². The van der Waals surface area contributed by atoms with E-state index in [1.165, 1.54) is 24.2 Å². The monoisotopic (exact) mass is 190 g/mol. The quantitative estimate of drug-likeness (QED) is 0.769. The van der Waals surface area contributed by atoms with Crippen molar-refractivity contribution in [3.05, 3.63) is 35.4 Å². The Morgan fingerprint density at radius 3 is 2.29 bits per heavy atom. The van der Waals surface area contributed by atoms with E-state index in [0.717, 1.165) is 5.92 Å². The molecule has 0 aliphatic carbocycles. The molecule has 2 N–H and O–H groups in total. The van der Waals surface area contributed by atoms with Crippen LogP contribution in [0.4, 0.5) is 0 Å². The van der Waals surface area contributed by atoms with Gasteiger partial charge in [0.1, 0.15) is 0 Å². The lowest BCUT2D eigenvalue weighted by Gasteiger charge is -2.36. The van der Waals surface area contributed by atoms with Gasteiger partial charge in [0.05, 0.1) is 0 Å². The predicted octanol–water partition coefficient (Wildman–Crippen LogP) is 1.74. The van der Waals surface area contributed by atoms with Crippen LogP contribution in [-0.2, 0) is 0 Å². The van der Waals surface area contributed by atoms with Crippen LogP contribution in [-0.4, -0.2) is 25.0 Å². The van der Waals surface area contributed by atoms with Crippen LogP contribution in [0.3, 0.4) is 0 Å². The second-order valence-electron chi connectivity index (χ2n) is 4.37. The number of hydrogen-bond donors (Lipinski definition) is 1. The minimum atomic E-state index is 0.146. The van der Waals surface area contributed by atoms with Crippen LogP contribution in [0.25, 0.3) is 0 Å². The first-order valence-corrected chi connectivity index (χ1v) is 5.21. The zero-order valence-electron chi connectivity index (χ0n) is 8.90. The van der Waals surface area contributed by atoms with Crippen molar-refractivity contribution < 1.29 is 0 Å². The average molecular weight is 190 g/mol. The highest BCUT2D eigenvalue weighted by Gasteiger charge is 2.24. The summed E-state index contributed by atoms with van der Waals surface area (Å²) in [6.45, 7) is 4.40. The summed E-state index contributed by atoms with van der Waals surface area (Å²) in [5.74, 6) is 0.738. The summed E-state index contributed by atoms with van der Waals surface area (Å²) < 4.78 is 0. The normalized spacial score (nSPS) is 20.5. The van der Waals surface area contributed by atoms with Crippen LogP contribution >= 0.6 is 0 Å². The van der Waals surface area contributed by atoms with Crippen molar-refractivity contribution in [2.45, 2.75) is 18.9 Å². The van der Waals surface area contributed by atoms with Gasteiger partial charge in [-0.2, -0.15) is 0 Å². The molecule has 1 atom stereocenters. The van der Waals surface area contributed by atoms with Crippen LogP contribution in [0.1, 0.15) is 30.0 Å². The van der Waals surface area contributed by atoms with Crippen LogP contribution in [0.2, 0.25) is 0 Å². The molecular weight excluding hydrogens is 172 g/mol. The number of benzene rings is 1. The zero-order chi connectivity index (χ0) is 10.1. The Hall–Kier alpha value is -0.860. The molecule has 1 aromatic carbocycles. The molecule has 0 bridgehead atoms. The maximum atomic E-state index is 5.80. The largest absolute Gasteiger partial charge is 0.324 e. The number of hydrogen-bond acceptors (Lipinski definition) is 2. The molecule has 2 heteroatoms. The Balaban J connectivity index is 2.07. The number of likely N-dealkylation sites (N-methyl/N-ethyl adjacent to an activating group) is 1. The predicted molar refractivity (Wildman–Crippen MR) is 59.3 cm³/mol. The van der Waals surface area contributed by atoms with E-state index in [4.69, 9.17) is 5.73 Å². The zero-order valence-corrected chi connectivity index (χ0v) is 8.90.